The van der Waals surface area contributed by atoms with Gasteiger partial charge in [-0.2, -0.15) is 0 Å². The zero-order valence-electron chi connectivity index (χ0n) is 17.0. The third kappa shape index (κ3) is 5.64. The Morgan fingerprint density at radius 2 is 1.83 bits per heavy atom. The monoisotopic (exact) mass is 409 g/mol. The molecule has 0 aliphatic carbocycles. The zero-order chi connectivity index (χ0) is 20.6. The molecule has 0 saturated heterocycles. The lowest BCUT2D eigenvalue weighted by Gasteiger charge is -2.19. The number of fused-ring (bicyclic) bond motifs is 1. The predicted molar refractivity (Wildman–Crippen MR) is 119 cm³/mol. The Morgan fingerprint density at radius 3 is 2.59 bits per heavy atom. The van der Waals surface area contributed by atoms with Gasteiger partial charge in [-0.3, -0.25) is 9.59 Å². The Bertz CT molecular complexity index is 946. The number of amides is 2. The number of unbranched alkanes of at least 4 members (excludes halogenated alkanes) is 1. The van der Waals surface area contributed by atoms with Gasteiger partial charge in [-0.1, -0.05) is 18.2 Å². The van der Waals surface area contributed by atoms with Crippen LogP contribution in [0.4, 0.5) is 5.69 Å². The molecule has 0 spiro atoms. The quantitative estimate of drug-likeness (QED) is 0.498. The van der Waals surface area contributed by atoms with E-state index < -0.39 is 0 Å². The Morgan fingerprint density at radius 1 is 1.03 bits per heavy atom. The van der Waals surface area contributed by atoms with Gasteiger partial charge >= 0.3 is 0 Å². The number of carbonyl (C=O) groups excluding carboxylic acids is 2. The minimum atomic E-state index is -0.0262. The molecule has 0 aliphatic rings. The van der Waals surface area contributed by atoms with Crippen molar-refractivity contribution in [3.05, 3.63) is 59.1 Å². The number of para-hydroxylation sites is 1. The van der Waals surface area contributed by atoms with E-state index in [0.29, 0.717) is 30.8 Å². The normalized spacial score (nSPS) is 10.8. The van der Waals surface area contributed by atoms with Crippen LogP contribution in [0, 0.1) is 0 Å². The van der Waals surface area contributed by atoms with Crippen LogP contribution in [-0.2, 0) is 11.2 Å². The maximum atomic E-state index is 12.5. The molecule has 152 valence electrons. The lowest BCUT2D eigenvalue weighted by atomic mass is 10.1. The molecule has 0 saturated carbocycles. The van der Waals surface area contributed by atoms with E-state index in [1.165, 1.54) is 4.70 Å². The lowest BCUT2D eigenvalue weighted by Crippen LogP contribution is -2.30. The molecule has 0 aliphatic heterocycles. The van der Waals surface area contributed by atoms with Gasteiger partial charge in [-0.25, -0.2) is 4.98 Å². The van der Waals surface area contributed by atoms with Crippen molar-refractivity contribution in [1.29, 1.82) is 0 Å². The van der Waals surface area contributed by atoms with E-state index in [1.54, 1.807) is 34.4 Å². The van der Waals surface area contributed by atoms with Crippen LogP contribution >= 0.6 is 11.3 Å². The molecule has 1 heterocycles. The highest BCUT2D eigenvalue weighted by Crippen LogP contribution is 2.23. The summed E-state index contributed by atoms with van der Waals surface area (Å²) in [6, 6.07) is 15.3. The molecule has 1 aromatic heterocycles. The Balaban J connectivity index is 1.46. The predicted octanol–water partition coefficient (Wildman–Crippen LogP) is 5.13. The summed E-state index contributed by atoms with van der Waals surface area (Å²) < 4.78 is 1.21. The molecular weight excluding hydrogens is 382 g/mol. The first kappa shape index (κ1) is 21.0. The van der Waals surface area contributed by atoms with Gasteiger partial charge in [0.1, 0.15) is 0 Å². The zero-order valence-corrected chi connectivity index (χ0v) is 17.8. The van der Waals surface area contributed by atoms with Gasteiger partial charge in [0.25, 0.3) is 5.91 Å². The molecule has 0 unspecified atom stereocenters. The van der Waals surface area contributed by atoms with E-state index in [1.807, 2.05) is 38.1 Å². The van der Waals surface area contributed by atoms with E-state index in [-0.39, 0.29) is 11.8 Å². The first-order valence-corrected chi connectivity index (χ1v) is 11.0. The minimum Gasteiger partial charge on any atom is -0.339 e. The van der Waals surface area contributed by atoms with Crippen LogP contribution in [0.3, 0.4) is 0 Å². The Labute approximate surface area is 175 Å². The van der Waals surface area contributed by atoms with Gasteiger partial charge in [-0.15, -0.1) is 11.3 Å². The number of hydrogen-bond donors (Lipinski definition) is 1. The summed E-state index contributed by atoms with van der Waals surface area (Å²) in [5.41, 5.74) is 2.31. The first-order chi connectivity index (χ1) is 14.1. The molecule has 3 rings (SSSR count). The van der Waals surface area contributed by atoms with Gasteiger partial charge in [0.2, 0.25) is 5.91 Å². The average molecular weight is 410 g/mol. The van der Waals surface area contributed by atoms with Crippen molar-refractivity contribution in [3.63, 3.8) is 0 Å². The number of carbonyl (C=O) groups is 2. The van der Waals surface area contributed by atoms with Crippen LogP contribution in [0.15, 0.2) is 48.5 Å². The van der Waals surface area contributed by atoms with Crippen molar-refractivity contribution in [2.75, 3.05) is 18.4 Å². The van der Waals surface area contributed by atoms with Crippen LogP contribution in [-0.4, -0.2) is 34.8 Å². The van der Waals surface area contributed by atoms with Crippen molar-refractivity contribution in [3.8, 4) is 0 Å². The molecule has 0 bridgehead atoms. The largest absolute Gasteiger partial charge is 0.339 e. The van der Waals surface area contributed by atoms with Crippen molar-refractivity contribution in [2.45, 2.75) is 39.5 Å². The molecule has 3 aromatic rings. The van der Waals surface area contributed by atoms with Gasteiger partial charge in [0.15, 0.2) is 0 Å². The van der Waals surface area contributed by atoms with E-state index in [9.17, 15) is 9.59 Å². The van der Waals surface area contributed by atoms with Crippen LogP contribution in [0.2, 0.25) is 0 Å². The highest BCUT2D eigenvalue weighted by Gasteiger charge is 2.13. The van der Waals surface area contributed by atoms with Crippen molar-refractivity contribution < 1.29 is 9.59 Å². The smallest absolute Gasteiger partial charge is 0.253 e. The topological polar surface area (TPSA) is 62.3 Å². The SMILES string of the molecule is CCN(CC)C(=O)c1cccc(NC(=O)CCCCc2nc3ccccc3s2)c1. The Kier molecular flexibility index (Phi) is 7.36. The first-order valence-electron chi connectivity index (χ1n) is 10.1. The summed E-state index contributed by atoms with van der Waals surface area (Å²) in [7, 11) is 0. The fourth-order valence-corrected chi connectivity index (χ4v) is 4.24. The summed E-state index contributed by atoms with van der Waals surface area (Å²) in [6.45, 7) is 5.25. The van der Waals surface area contributed by atoms with Crippen molar-refractivity contribution in [1.82, 2.24) is 9.88 Å². The molecule has 1 N–H and O–H groups in total. The fourth-order valence-electron chi connectivity index (χ4n) is 3.24. The number of aryl methyl sites for hydroxylation is 1. The highest BCUT2D eigenvalue weighted by atomic mass is 32.1. The molecule has 2 aromatic carbocycles. The third-order valence-electron chi connectivity index (χ3n) is 4.83. The second-order valence-corrected chi connectivity index (χ2v) is 8.00. The average Bonchev–Trinajstić information content (AvgIpc) is 3.15. The molecule has 0 radical (unpaired) electrons. The highest BCUT2D eigenvalue weighted by molar-refractivity contribution is 7.18. The number of nitrogens with zero attached hydrogens (tertiary/aromatic N) is 2. The van der Waals surface area contributed by atoms with Crippen LogP contribution in [0.1, 0.15) is 48.5 Å². The second kappa shape index (κ2) is 10.2. The molecule has 0 fully saturated rings. The van der Waals surface area contributed by atoms with E-state index in [4.69, 9.17) is 0 Å². The number of thiazole rings is 1. The summed E-state index contributed by atoms with van der Waals surface area (Å²) in [5.74, 6) is -0.0383. The van der Waals surface area contributed by atoms with E-state index in [0.717, 1.165) is 29.8 Å². The minimum absolute atomic E-state index is 0.0121. The number of hydrogen-bond acceptors (Lipinski definition) is 4. The Hall–Kier alpha value is -2.73. The van der Waals surface area contributed by atoms with E-state index in [2.05, 4.69) is 16.4 Å². The van der Waals surface area contributed by atoms with Gasteiger partial charge < -0.3 is 10.2 Å². The van der Waals surface area contributed by atoms with Gasteiger partial charge in [0.05, 0.1) is 15.2 Å². The summed E-state index contributed by atoms with van der Waals surface area (Å²) in [6.07, 6.45) is 3.08. The third-order valence-corrected chi connectivity index (χ3v) is 5.92. The standard InChI is InChI=1S/C23H27N3O2S/c1-3-26(4-2)23(28)17-10-9-11-18(16-17)24-21(27)14-7-8-15-22-25-19-12-5-6-13-20(19)29-22/h5-6,9-13,16H,3-4,7-8,14-15H2,1-2H3,(H,24,27). The van der Waals surface area contributed by atoms with E-state index >= 15 is 0 Å². The molecular formula is C23H27N3O2S. The molecule has 29 heavy (non-hydrogen) atoms. The number of benzene rings is 2. The maximum Gasteiger partial charge on any atom is 0.253 e. The van der Waals surface area contributed by atoms with Crippen molar-refractivity contribution in [2.24, 2.45) is 0 Å². The van der Waals surface area contributed by atoms with Crippen molar-refractivity contribution >= 4 is 39.1 Å². The summed E-state index contributed by atoms with van der Waals surface area (Å²) in [4.78, 5) is 31.1. The number of nitrogens with one attached hydrogen (secondary N) is 1. The fraction of sp³-hybridized carbons (Fsp3) is 0.348. The van der Waals surface area contributed by atoms with Crippen LogP contribution in [0.25, 0.3) is 10.2 Å². The van der Waals surface area contributed by atoms with Crippen LogP contribution in [0.5, 0.6) is 0 Å². The number of anilines is 1. The van der Waals surface area contributed by atoms with Gasteiger partial charge in [-0.05, 0) is 63.4 Å². The molecule has 2 amide bonds. The lowest BCUT2D eigenvalue weighted by molar-refractivity contribution is -0.116. The molecule has 5 nitrogen and oxygen atoms in total. The summed E-state index contributed by atoms with van der Waals surface area (Å²) in [5, 5.41) is 4.03. The molecule has 0 atom stereocenters. The second-order valence-electron chi connectivity index (χ2n) is 6.89. The van der Waals surface area contributed by atoms with Gasteiger partial charge in [0, 0.05) is 30.8 Å². The van der Waals surface area contributed by atoms with Crippen LogP contribution < -0.4 is 5.32 Å². The maximum absolute atomic E-state index is 12.5. The number of aromatic nitrogens is 1. The molecule has 6 heteroatoms. The number of rotatable bonds is 9. The summed E-state index contributed by atoms with van der Waals surface area (Å²) >= 11 is 1.72.